The van der Waals surface area contributed by atoms with Crippen LogP contribution in [-0.2, 0) is 6.54 Å². The van der Waals surface area contributed by atoms with Crippen molar-refractivity contribution >= 4 is 29.5 Å². The molecule has 0 fully saturated rings. The predicted octanol–water partition coefficient (Wildman–Crippen LogP) is 3.19. The zero-order valence-electron chi connectivity index (χ0n) is 9.38. The number of H-pyrrole nitrogens is 1. The summed E-state index contributed by atoms with van der Waals surface area (Å²) in [4.78, 5) is 10.5. The van der Waals surface area contributed by atoms with E-state index < -0.39 is 4.92 Å². The lowest BCUT2D eigenvalue weighted by Crippen LogP contribution is -2.01. The minimum atomic E-state index is -0.487. The topological polar surface area (TPSA) is 76.8 Å². The summed E-state index contributed by atoms with van der Waals surface area (Å²) in [6.07, 6.45) is 0. The maximum atomic E-state index is 11.0. The zero-order chi connectivity index (χ0) is 13.3. The molecule has 0 aliphatic carbocycles. The largest absolute Gasteiger partial charge is 0.300 e. The molecule has 1 aromatic heterocycles. The van der Waals surface area contributed by atoms with Crippen LogP contribution in [0.15, 0.2) is 18.2 Å². The van der Waals surface area contributed by atoms with E-state index >= 15 is 0 Å². The maximum Gasteiger partial charge on any atom is 0.281 e. The molecular weight excluding hydrogens is 276 g/mol. The fourth-order valence-corrected chi connectivity index (χ4v) is 2.20. The number of halogens is 1. The monoisotopic (exact) mass is 284 g/mol. The van der Waals surface area contributed by atoms with Crippen molar-refractivity contribution in [2.24, 2.45) is 0 Å². The van der Waals surface area contributed by atoms with Gasteiger partial charge < -0.3 is 4.57 Å². The van der Waals surface area contributed by atoms with Crippen LogP contribution in [0.1, 0.15) is 6.92 Å². The van der Waals surface area contributed by atoms with Gasteiger partial charge in [0, 0.05) is 12.6 Å². The highest BCUT2D eigenvalue weighted by atomic mass is 35.5. The molecule has 18 heavy (non-hydrogen) atoms. The fraction of sp³-hybridized carbons (Fsp3) is 0.200. The standard InChI is InChI=1S/C10H9ClN4O2S/c1-2-14-9(12-13-10(14)18)8-6(11)4-3-5-7(8)15(16)17/h3-5H,2H2,1H3,(H,13,18). The summed E-state index contributed by atoms with van der Waals surface area (Å²) >= 11 is 11.1. The lowest BCUT2D eigenvalue weighted by Gasteiger charge is -2.06. The van der Waals surface area contributed by atoms with Crippen LogP contribution < -0.4 is 0 Å². The highest BCUT2D eigenvalue weighted by Gasteiger charge is 2.22. The molecule has 2 aromatic rings. The molecule has 8 heteroatoms. The minimum absolute atomic E-state index is 0.0915. The molecule has 0 unspecified atom stereocenters. The number of benzene rings is 1. The number of hydrogen-bond donors (Lipinski definition) is 1. The van der Waals surface area contributed by atoms with Crippen molar-refractivity contribution in [3.63, 3.8) is 0 Å². The third-order valence-electron chi connectivity index (χ3n) is 2.49. The van der Waals surface area contributed by atoms with Gasteiger partial charge in [-0.2, -0.15) is 5.10 Å². The molecular formula is C10H9ClN4O2S. The highest BCUT2D eigenvalue weighted by Crippen LogP contribution is 2.34. The first-order valence-corrected chi connectivity index (χ1v) is 5.93. The molecule has 0 aliphatic rings. The quantitative estimate of drug-likeness (QED) is 0.533. The Morgan fingerprint density at radius 1 is 1.61 bits per heavy atom. The van der Waals surface area contributed by atoms with E-state index in [4.69, 9.17) is 23.8 Å². The molecule has 94 valence electrons. The van der Waals surface area contributed by atoms with Crippen molar-refractivity contribution in [2.75, 3.05) is 0 Å². The number of nitrogens with one attached hydrogen (secondary N) is 1. The van der Waals surface area contributed by atoms with Gasteiger partial charge in [0.25, 0.3) is 5.69 Å². The Kier molecular flexibility index (Phi) is 3.44. The van der Waals surface area contributed by atoms with E-state index in [1.807, 2.05) is 6.92 Å². The number of aromatic nitrogens is 3. The van der Waals surface area contributed by atoms with E-state index in [9.17, 15) is 10.1 Å². The first-order chi connectivity index (χ1) is 8.56. The van der Waals surface area contributed by atoms with E-state index in [1.54, 1.807) is 10.6 Å². The van der Waals surface area contributed by atoms with Crippen LogP contribution in [0.2, 0.25) is 5.02 Å². The van der Waals surface area contributed by atoms with Gasteiger partial charge in [0.05, 0.1) is 9.95 Å². The third kappa shape index (κ3) is 2.02. The highest BCUT2D eigenvalue weighted by molar-refractivity contribution is 7.71. The van der Waals surface area contributed by atoms with E-state index in [0.29, 0.717) is 17.1 Å². The summed E-state index contributed by atoms with van der Waals surface area (Å²) < 4.78 is 2.06. The first-order valence-electron chi connectivity index (χ1n) is 5.14. The molecule has 0 radical (unpaired) electrons. The molecule has 0 bridgehead atoms. The summed E-state index contributed by atoms with van der Waals surface area (Å²) in [6, 6.07) is 4.50. The molecule has 0 saturated heterocycles. The normalized spacial score (nSPS) is 10.6. The van der Waals surface area contributed by atoms with Gasteiger partial charge in [-0.25, -0.2) is 0 Å². The number of aromatic amines is 1. The maximum absolute atomic E-state index is 11.0. The molecule has 0 amide bonds. The van der Waals surface area contributed by atoms with Crippen LogP contribution in [0.3, 0.4) is 0 Å². The molecule has 0 aliphatic heterocycles. The zero-order valence-corrected chi connectivity index (χ0v) is 11.0. The summed E-state index contributed by atoms with van der Waals surface area (Å²) in [5.41, 5.74) is 0.185. The Hall–Kier alpha value is -1.73. The summed E-state index contributed by atoms with van der Waals surface area (Å²) in [5, 5.41) is 17.9. The molecule has 6 nitrogen and oxygen atoms in total. The summed E-state index contributed by atoms with van der Waals surface area (Å²) in [5.74, 6) is 0.375. The van der Waals surface area contributed by atoms with Crippen LogP contribution in [0.5, 0.6) is 0 Å². The van der Waals surface area contributed by atoms with Gasteiger partial charge in [0.2, 0.25) is 0 Å². The van der Waals surface area contributed by atoms with Crippen LogP contribution in [-0.4, -0.2) is 19.7 Å². The van der Waals surface area contributed by atoms with Crippen LogP contribution in [0.4, 0.5) is 5.69 Å². The molecule has 0 atom stereocenters. The van der Waals surface area contributed by atoms with Gasteiger partial charge in [0.1, 0.15) is 5.56 Å². The average Bonchev–Trinajstić information content (AvgIpc) is 2.69. The Morgan fingerprint density at radius 3 is 2.94 bits per heavy atom. The molecule has 1 N–H and O–H groups in total. The van der Waals surface area contributed by atoms with Gasteiger partial charge in [-0.3, -0.25) is 15.2 Å². The SMILES string of the molecule is CCn1c(-c2c(Cl)cccc2[N+](=O)[O-])n[nH]c1=S. The predicted molar refractivity (Wildman–Crippen MR) is 70.2 cm³/mol. The second-order valence-corrected chi connectivity index (χ2v) is 4.28. The number of hydrogen-bond acceptors (Lipinski definition) is 4. The number of nitro groups is 1. The Morgan fingerprint density at radius 2 is 2.33 bits per heavy atom. The second kappa shape index (κ2) is 4.87. The molecule has 1 aromatic carbocycles. The second-order valence-electron chi connectivity index (χ2n) is 3.49. The summed E-state index contributed by atoms with van der Waals surface area (Å²) in [6.45, 7) is 2.42. The number of rotatable bonds is 3. The number of nitro benzene ring substituents is 1. The molecule has 1 heterocycles. The minimum Gasteiger partial charge on any atom is -0.300 e. The van der Waals surface area contributed by atoms with Gasteiger partial charge in [0.15, 0.2) is 10.6 Å². The van der Waals surface area contributed by atoms with Gasteiger partial charge in [-0.1, -0.05) is 17.7 Å². The van der Waals surface area contributed by atoms with E-state index in [1.165, 1.54) is 12.1 Å². The van der Waals surface area contributed by atoms with Crippen molar-refractivity contribution < 1.29 is 4.92 Å². The summed E-state index contributed by atoms with van der Waals surface area (Å²) in [7, 11) is 0. The Balaban J connectivity index is 2.78. The number of nitrogens with zero attached hydrogens (tertiary/aromatic N) is 3. The molecule has 0 spiro atoms. The van der Waals surface area contributed by atoms with Crippen molar-refractivity contribution in [1.29, 1.82) is 0 Å². The third-order valence-corrected chi connectivity index (χ3v) is 3.11. The lowest BCUT2D eigenvalue weighted by molar-refractivity contribution is -0.384. The van der Waals surface area contributed by atoms with E-state index in [2.05, 4.69) is 10.2 Å². The van der Waals surface area contributed by atoms with Gasteiger partial charge >= 0.3 is 0 Å². The van der Waals surface area contributed by atoms with E-state index in [0.717, 1.165) is 0 Å². The van der Waals surface area contributed by atoms with Crippen LogP contribution in [0.25, 0.3) is 11.4 Å². The van der Waals surface area contributed by atoms with Crippen molar-refractivity contribution in [3.8, 4) is 11.4 Å². The smallest absolute Gasteiger partial charge is 0.281 e. The Labute approximate surface area is 112 Å². The van der Waals surface area contributed by atoms with Gasteiger partial charge in [-0.15, -0.1) is 0 Å². The van der Waals surface area contributed by atoms with E-state index in [-0.39, 0.29) is 16.3 Å². The van der Waals surface area contributed by atoms with Crippen LogP contribution in [0, 0.1) is 14.9 Å². The Bertz CT molecular complexity index is 664. The van der Waals surface area contributed by atoms with Crippen LogP contribution >= 0.6 is 23.8 Å². The fourth-order valence-electron chi connectivity index (χ4n) is 1.69. The first kappa shape index (κ1) is 12.7. The van der Waals surface area contributed by atoms with Gasteiger partial charge in [-0.05, 0) is 25.2 Å². The average molecular weight is 285 g/mol. The molecule has 2 rings (SSSR count). The van der Waals surface area contributed by atoms with Crippen molar-refractivity contribution in [2.45, 2.75) is 13.5 Å². The molecule has 0 saturated carbocycles. The van der Waals surface area contributed by atoms with Crippen molar-refractivity contribution in [3.05, 3.63) is 38.1 Å². The lowest BCUT2D eigenvalue weighted by atomic mass is 10.1. The van der Waals surface area contributed by atoms with Crippen molar-refractivity contribution in [1.82, 2.24) is 14.8 Å².